The van der Waals surface area contributed by atoms with Gasteiger partial charge in [-0.15, -0.1) is 24.0 Å². The van der Waals surface area contributed by atoms with E-state index in [2.05, 4.69) is 33.8 Å². The summed E-state index contributed by atoms with van der Waals surface area (Å²) in [5.74, 6) is 2.02. The number of ether oxygens (including phenoxy) is 1. The van der Waals surface area contributed by atoms with Crippen LogP contribution in [0.1, 0.15) is 25.3 Å². The summed E-state index contributed by atoms with van der Waals surface area (Å²) >= 11 is 0. The Labute approximate surface area is 207 Å². The number of nitrogens with one attached hydrogen (secondary N) is 2. The van der Waals surface area contributed by atoms with E-state index in [1.165, 1.54) is 4.90 Å². The molecule has 3 aliphatic rings. The van der Waals surface area contributed by atoms with Crippen molar-refractivity contribution in [3.05, 3.63) is 42.0 Å². The number of allylic oxidation sites excluding steroid dienone is 2. The second kappa shape index (κ2) is 11.2. The summed E-state index contributed by atoms with van der Waals surface area (Å²) < 4.78 is 5.67. The number of benzene rings is 1. The Balaban J connectivity index is 0.00000289. The van der Waals surface area contributed by atoms with Crippen molar-refractivity contribution in [2.45, 2.75) is 26.2 Å². The van der Waals surface area contributed by atoms with Gasteiger partial charge in [-0.25, -0.2) is 0 Å². The van der Waals surface area contributed by atoms with Crippen LogP contribution in [0.15, 0.2) is 41.4 Å². The first-order valence-electron chi connectivity index (χ1n) is 11.3. The molecule has 2 bridgehead atoms. The second-order valence-electron chi connectivity index (χ2n) is 8.40. The first-order chi connectivity index (χ1) is 15.1. The number of hydrogen-bond donors (Lipinski definition) is 2. The Morgan fingerprint density at radius 2 is 1.75 bits per heavy atom. The van der Waals surface area contributed by atoms with Crippen molar-refractivity contribution in [3.63, 3.8) is 0 Å². The number of likely N-dealkylation sites (tertiary alicyclic amines) is 1. The Bertz CT molecular complexity index is 858. The van der Waals surface area contributed by atoms with Gasteiger partial charge in [0.1, 0.15) is 5.75 Å². The van der Waals surface area contributed by atoms with Crippen molar-refractivity contribution >= 4 is 41.8 Å². The number of nitrogens with zero attached hydrogens (tertiary/aromatic N) is 2. The molecule has 1 saturated carbocycles. The standard InChI is InChI=1S/C24H32N4O3.HI/c1-3-31-19-8-5-4-7-16(19)11-13-27-24(25-2)26-12-6-14-28-22(29)20-17-9-10-18(15-17)21(20)23(28)30;/h4-5,7-10,17-18,20-21H,3,6,11-15H2,1-2H3,(H2,25,26,27);1H. The van der Waals surface area contributed by atoms with Gasteiger partial charge in [0.15, 0.2) is 5.96 Å². The van der Waals surface area contributed by atoms with Crippen LogP contribution in [0.5, 0.6) is 5.75 Å². The zero-order chi connectivity index (χ0) is 21.8. The van der Waals surface area contributed by atoms with E-state index in [0.717, 1.165) is 30.7 Å². The zero-order valence-electron chi connectivity index (χ0n) is 18.8. The molecule has 174 valence electrons. The lowest BCUT2D eigenvalue weighted by molar-refractivity contribution is -0.140. The number of guanidine groups is 1. The fraction of sp³-hybridized carbons (Fsp3) is 0.542. The van der Waals surface area contributed by atoms with Gasteiger partial charge < -0.3 is 15.4 Å². The normalized spacial score (nSPS) is 25.7. The molecule has 0 spiro atoms. The number of para-hydroxylation sites is 1. The fourth-order valence-electron chi connectivity index (χ4n) is 5.17. The quantitative estimate of drug-likeness (QED) is 0.123. The minimum atomic E-state index is -0.107. The Hall–Kier alpha value is -2.10. The molecule has 8 heteroatoms. The van der Waals surface area contributed by atoms with E-state index >= 15 is 0 Å². The number of hydrogen-bond acceptors (Lipinski definition) is 4. The van der Waals surface area contributed by atoms with Crippen molar-refractivity contribution in [2.24, 2.45) is 28.7 Å². The van der Waals surface area contributed by atoms with Crippen LogP contribution in [-0.2, 0) is 16.0 Å². The Kier molecular flexibility index (Phi) is 8.56. The maximum atomic E-state index is 12.7. The predicted octanol–water partition coefficient (Wildman–Crippen LogP) is 2.61. The molecule has 2 aliphatic carbocycles. The van der Waals surface area contributed by atoms with Gasteiger partial charge in [-0.1, -0.05) is 30.4 Å². The van der Waals surface area contributed by atoms with E-state index in [0.29, 0.717) is 32.1 Å². The molecule has 1 aliphatic heterocycles. The average molecular weight is 552 g/mol. The number of imide groups is 1. The molecule has 4 unspecified atom stereocenters. The third-order valence-corrected chi connectivity index (χ3v) is 6.60. The van der Waals surface area contributed by atoms with E-state index in [9.17, 15) is 9.59 Å². The van der Waals surface area contributed by atoms with Gasteiger partial charge in [-0.05, 0) is 49.7 Å². The molecule has 2 fully saturated rings. The lowest BCUT2D eigenvalue weighted by Gasteiger charge is -2.18. The third kappa shape index (κ3) is 4.94. The van der Waals surface area contributed by atoms with Crippen molar-refractivity contribution in [2.75, 3.05) is 33.3 Å². The number of fused-ring (bicyclic) bond motifs is 5. The number of halogens is 1. The summed E-state index contributed by atoms with van der Waals surface area (Å²) in [6, 6.07) is 8.06. The summed E-state index contributed by atoms with van der Waals surface area (Å²) in [5.41, 5.74) is 1.16. The topological polar surface area (TPSA) is 83.0 Å². The van der Waals surface area contributed by atoms with Gasteiger partial charge >= 0.3 is 0 Å². The smallest absolute Gasteiger partial charge is 0.233 e. The molecule has 0 radical (unpaired) electrons. The van der Waals surface area contributed by atoms with Crippen molar-refractivity contribution in [1.29, 1.82) is 0 Å². The first-order valence-corrected chi connectivity index (χ1v) is 11.3. The van der Waals surface area contributed by atoms with Crippen LogP contribution in [0.4, 0.5) is 0 Å². The fourth-order valence-corrected chi connectivity index (χ4v) is 5.17. The lowest BCUT2D eigenvalue weighted by atomic mass is 9.85. The highest BCUT2D eigenvalue weighted by molar-refractivity contribution is 14.0. The summed E-state index contributed by atoms with van der Waals surface area (Å²) in [7, 11) is 1.74. The van der Waals surface area contributed by atoms with E-state index < -0.39 is 0 Å². The van der Waals surface area contributed by atoms with Crippen LogP contribution in [0.25, 0.3) is 0 Å². The van der Waals surface area contributed by atoms with E-state index in [1.807, 2.05) is 25.1 Å². The predicted molar refractivity (Wildman–Crippen MR) is 135 cm³/mol. The van der Waals surface area contributed by atoms with Crippen molar-refractivity contribution < 1.29 is 14.3 Å². The Morgan fingerprint density at radius 1 is 1.09 bits per heavy atom. The largest absolute Gasteiger partial charge is 0.494 e. The highest BCUT2D eigenvalue weighted by atomic mass is 127. The minimum absolute atomic E-state index is 0. The monoisotopic (exact) mass is 552 g/mol. The van der Waals surface area contributed by atoms with Crippen LogP contribution < -0.4 is 15.4 Å². The van der Waals surface area contributed by atoms with Crippen LogP contribution >= 0.6 is 24.0 Å². The van der Waals surface area contributed by atoms with Crippen LogP contribution in [0.3, 0.4) is 0 Å². The molecule has 2 amide bonds. The molecule has 4 rings (SSSR count). The molecular weight excluding hydrogens is 519 g/mol. The number of amides is 2. The highest BCUT2D eigenvalue weighted by Gasteiger charge is 2.58. The minimum Gasteiger partial charge on any atom is -0.494 e. The first kappa shape index (κ1) is 24.5. The van der Waals surface area contributed by atoms with Gasteiger partial charge in [-0.3, -0.25) is 19.5 Å². The van der Waals surface area contributed by atoms with Crippen molar-refractivity contribution in [1.82, 2.24) is 15.5 Å². The van der Waals surface area contributed by atoms with E-state index in [1.54, 1.807) is 7.05 Å². The van der Waals surface area contributed by atoms with Gasteiger partial charge in [0, 0.05) is 26.7 Å². The second-order valence-corrected chi connectivity index (χ2v) is 8.40. The molecule has 2 N–H and O–H groups in total. The number of carbonyl (C=O) groups is 2. The summed E-state index contributed by atoms with van der Waals surface area (Å²) in [6.45, 7) is 4.47. The van der Waals surface area contributed by atoms with E-state index in [-0.39, 0.29) is 59.5 Å². The molecule has 1 heterocycles. The van der Waals surface area contributed by atoms with Gasteiger partial charge in [0.25, 0.3) is 0 Å². The molecule has 4 atom stereocenters. The maximum absolute atomic E-state index is 12.7. The molecule has 1 aromatic carbocycles. The Morgan fingerprint density at radius 3 is 2.41 bits per heavy atom. The summed E-state index contributed by atoms with van der Waals surface area (Å²) in [5, 5.41) is 6.59. The number of rotatable bonds is 9. The molecule has 0 aromatic heterocycles. The van der Waals surface area contributed by atoms with E-state index in [4.69, 9.17) is 4.74 Å². The third-order valence-electron chi connectivity index (χ3n) is 6.60. The molecule has 7 nitrogen and oxygen atoms in total. The molecule has 32 heavy (non-hydrogen) atoms. The van der Waals surface area contributed by atoms with Gasteiger partial charge in [-0.2, -0.15) is 0 Å². The van der Waals surface area contributed by atoms with Gasteiger partial charge in [0.2, 0.25) is 11.8 Å². The number of aliphatic imine (C=N–C) groups is 1. The summed E-state index contributed by atoms with van der Waals surface area (Å²) in [6.07, 6.45) is 6.76. The van der Waals surface area contributed by atoms with Crippen LogP contribution in [-0.4, -0.2) is 56.0 Å². The lowest BCUT2D eigenvalue weighted by Crippen LogP contribution is -2.40. The SMILES string of the molecule is CCOc1ccccc1CCNC(=NC)NCCCN1C(=O)C2C3C=CC(C3)C2C1=O.I. The molecule has 1 saturated heterocycles. The van der Waals surface area contributed by atoms with Crippen LogP contribution in [0.2, 0.25) is 0 Å². The van der Waals surface area contributed by atoms with Crippen molar-refractivity contribution in [3.8, 4) is 5.75 Å². The molecule has 1 aromatic rings. The van der Waals surface area contributed by atoms with Gasteiger partial charge in [0.05, 0.1) is 18.4 Å². The van der Waals surface area contributed by atoms with Crippen LogP contribution in [0, 0.1) is 23.7 Å². The average Bonchev–Trinajstić information content (AvgIpc) is 3.46. The molecular formula is C24H33IN4O3. The number of carbonyl (C=O) groups excluding carboxylic acids is 2. The summed E-state index contributed by atoms with van der Waals surface area (Å²) in [4.78, 5) is 31.2. The highest BCUT2D eigenvalue weighted by Crippen LogP contribution is 2.52. The zero-order valence-corrected chi connectivity index (χ0v) is 21.1. The maximum Gasteiger partial charge on any atom is 0.233 e.